The highest BCUT2D eigenvalue weighted by Gasteiger charge is 2.04. The second-order valence-electron chi connectivity index (χ2n) is 5.94. The van der Waals surface area contributed by atoms with E-state index in [-0.39, 0.29) is 12.3 Å². The average molecular weight is 325 g/mol. The summed E-state index contributed by atoms with van der Waals surface area (Å²) in [5.74, 6) is -0.854. The Morgan fingerprint density at radius 1 is 0.958 bits per heavy atom. The zero-order valence-electron chi connectivity index (χ0n) is 13.9. The Morgan fingerprint density at radius 2 is 1.67 bits per heavy atom. The molecule has 2 aromatic rings. The molecule has 2 N–H and O–H groups in total. The van der Waals surface area contributed by atoms with Crippen molar-refractivity contribution in [3.05, 3.63) is 59.7 Å². The molecule has 4 heteroatoms. The molecule has 0 heterocycles. The standard InChI is InChI=1S/C20H23NO3/c1-15-5-4-6-18(13-15)17-11-9-16(10-12-17)14-21-19(22)7-2-3-8-20(23)24/h4-6,9-13H,2-3,7-8,14H2,1H3,(H,21,22)(H,23,24). The van der Waals surface area contributed by atoms with Gasteiger partial charge in [0, 0.05) is 19.4 Å². The SMILES string of the molecule is Cc1cccc(-c2ccc(CNC(=O)CCCCC(=O)O)cc2)c1. The van der Waals surface area contributed by atoms with Crippen molar-refractivity contribution in [2.75, 3.05) is 0 Å². The van der Waals surface area contributed by atoms with Gasteiger partial charge in [-0.3, -0.25) is 9.59 Å². The van der Waals surface area contributed by atoms with E-state index in [0.29, 0.717) is 25.8 Å². The molecule has 0 aliphatic carbocycles. The number of carboxylic acid groups (broad SMARTS) is 1. The monoisotopic (exact) mass is 325 g/mol. The van der Waals surface area contributed by atoms with E-state index in [1.54, 1.807) is 0 Å². The van der Waals surface area contributed by atoms with E-state index in [9.17, 15) is 9.59 Å². The van der Waals surface area contributed by atoms with Crippen LogP contribution in [0.5, 0.6) is 0 Å². The molecule has 0 aliphatic heterocycles. The lowest BCUT2D eigenvalue weighted by Gasteiger charge is -2.07. The van der Waals surface area contributed by atoms with Crippen LogP contribution in [-0.4, -0.2) is 17.0 Å². The van der Waals surface area contributed by atoms with Crippen molar-refractivity contribution in [1.29, 1.82) is 0 Å². The summed E-state index contributed by atoms with van der Waals surface area (Å²) in [7, 11) is 0. The molecule has 0 saturated heterocycles. The Morgan fingerprint density at radius 3 is 2.33 bits per heavy atom. The average Bonchev–Trinajstić information content (AvgIpc) is 2.57. The van der Waals surface area contributed by atoms with Crippen LogP contribution >= 0.6 is 0 Å². The number of rotatable bonds is 8. The molecule has 0 bridgehead atoms. The number of unbranched alkanes of at least 4 members (excludes halogenated alkanes) is 1. The minimum atomic E-state index is -0.816. The van der Waals surface area contributed by atoms with Crippen LogP contribution in [0.3, 0.4) is 0 Å². The summed E-state index contributed by atoms with van der Waals surface area (Å²) in [6, 6.07) is 16.5. The van der Waals surface area contributed by atoms with E-state index in [0.717, 1.165) is 11.1 Å². The predicted molar refractivity (Wildman–Crippen MR) is 94.6 cm³/mol. The van der Waals surface area contributed by atoms with Crippen molar-refractivity contribution in [2.45, 2.75) is 39.2 Å². The van der Waals surface area contributed by atoms with E-state index in [2.05, 4.69) is 42.6 Å². The molecule has 0 atom stereocenters. The Balaban J connectivity index is 1.79. The van der Waals surface area contributed by atoms with E-state index in [1.807, 2.05) is 18.2 Å². The molecule has 126 valence electrons. The molecule has 0 radical (unpaired) electrons. The van der Waals surface area contributed by atoms with Crippen molar-refractivity contribution < 1.29 is 14.7 Å². The summed E-state index contributed by atoms with van der Waals surface area (Å²) < 4.78 is 0. The Bertz CT molecular complexity index is 692. The molecular formula is C20H23NO3. The van der Waals surface area contributed by atoms with E-state index < -0.39 is 5.97 Å². The van der Waals surface area contributed by atoms with Gasteiger partial charge in [0.25, 0.3) is 0 Å². The molecular weight excluding hydrogens is 302 g/mol. The maximum atomic E-state index is 11.7. The summed E-state index contributed by atoms with van der Waals surface area (Å²) in [6.45, 7) is 2.57. The lowest BCUT2D eigenvalue weighted by molar-refractivity contribution is -0.137. The zero-order chi connectivity index (χ0) is 17.4. The summed E-state index contributed by atoms with van der Waals surface area (Å²) in [5.41, 5.74) is 4.61. The first kappa shape index (κ1) is 17.7. The number of benzene rings is 2. The molecule has 0 aliphatic rings. The number of aryl methyl sites for hydroxylation is 1. The lowest BCUT2D eigenvalue weighted by Crippen LogP contribution is -2.22. The number of hydrogen-bond donors (Lipinski definition) is 2. The summed E-state index contributed by atoms with van der Waals surface area (Å²) >= 11 is 0. The number of hydrogen-bond acceptors (Lipinski definition) is 2. The van der Waals surface area contributed by atoms with Crippen LogP contribution < -0.4 is 5.32 Å². The zero-order valence-corrected chi connectivity index (χ0v) is 13.9. The van der Waals surface area contributed by atoms with Crippen molar-refractivity contribution in [1.82, 2.24) is 5.32 Å². The van der Waals surface area contributed by atoms with Gasteiger partial charge in [-0.05, 0) is 36.5 Å². The molecule has 0 unspecified atom stereocenters. The number of aliphatic carboxylic acids is 1. The topological polar surface area (TPSA) is 66.4 Å². The predicted octanol–water partition coefficient (Wildman–Crippen LogP) is 3.92. The minimum absolute atomic E-state index is 0.0388. The Labute approximate surface area is 142 Å². The van der Waals surface area contributed by atoms with Crippen LogP contribution in [0, 0.1) is 6.92 Å². The first-order valence-electron chi connectivity index (χ1n) is 8.19. The largest absolute Gasteiger partial charge is 0.481 e. The van der Waals surface area contributed by atoms with Gasteiger partial charge in [0.05, 0.1) is 0 Å². The fourth-order valence-corrected chi connectivity index (χ4v) is 2.49. The van der Waals surface area contributed by atoms with Crippen molar-refractivity contribution in [3.8, 4) is 11.1 Å². The third-order valence-electron chi connectivity index (χ3n) is 3.84. The van der Waals surface area contributed by atoms with E-state index in [4.69, 9.17) is 5.11 Å². The molecule has 0 spiro atoms. The molecule has 0 aromatic heterocycles. The van der Waals surface area contributed by atoms with Crippen LogP contribution in [0.25, 0.3) is 11.1 Å². The first-order valence-corrected chi connectivity index (χ1v) is 8.19. The van der Waals surface area contributed by atoms with Gasteiger partial charge >= 0.3 is 5.97 Å². The second-order valence-corrected chi connectivity index (χ2v) is 5.94. The quantitative estimate of drug-likeness (QED) is 0.723. The lowest BCUT2D eigenvalue weighted by atomic mass is 10.0. The summed E-state index contributed by atoms with van der Waals surface area (Å²) in [6.07, 6.45) is 1.63. The van der Waals surface area contributed by atoms with Crippen LogP contribution in [0.2, 0.25) is 0 Å². The summed E-state index contributed by atoms with van der Waals surface area (Å²) in [5, 5.41) is 11.4. The Kier molecular flexibility index (Phi) is 6.55. The fourth-order valence-electron chi connectivity index (χ4n) is 2.49. The molecule has 4 nitrogen and oxygen atoms in total. The first-order chi connectivity index (χ1) is 11.5. The van der Waals surface area contributed by atoms with Gasteiger partial charge in [0.15, 0.2) is 0 Å². The molecule has 2 aromatic carbocycles. The van der Waals surface area contributed by atoms with Crippen LogP contribution in [0.1, 0.15) is 36.8 Å². The van der Waals surface area contributed by atoms with Crippen molar-refractivity contribution in [3.63, 3.8) is 0 Å². The third-order valence-corrected chi connectivity index (χ3v) is 3.84. The molecule has 24 heavy (non-hydrogen) atoms. The summed E-state index contributed by atoms with van der Waals surface area (Å²) in [4.78, 5) is 22.1. The van der Waals surface area contributed by atoms with Gasteiger partial charge in [-0.2, -0.15) is 0 Å². The highest BCUT2D eigenvalue weighted by molar-refractivity contribution is 5.76. The number of carbonyl (C=O) groups excluding carboxylic acids is 1. The maximum absolute atomic E-state index is 11.7. The van der Waals surface area contributed by atoms with Gasteiger partial charge in [-0.1, -0.05) is 54.1 Å². The fraction of sp³-hybridized carbons (Fsp3) is 0.300. The number of nitrogens with one attached hydrogen (secondary N) is 1. The van der Waals surface area contributed by atoms with Gasteiger partial charge < -0.3 is 10.4 Å². The maximum Gasteiger partial charge on any atom is 0.303 e. The van der Waals surface area contributed by atoms with Gasteiger partial charge in [-0.25, -0.2) is 0 Å². The van der Waals surface area contributed by atoms with Crippen LogP contribution in [-0.2, 0) is 16.1 Å². The second kappa shape index (κ2) is 8.87. The number of carboxylic acids is 1. The smallest absolute Gasteiger partial charge is 0.303 e. The highest BCUT2D eigenvalue weighted by atomic mass is 16.4. The Hall–Kier alpha value is -2.62. The minimum Gasteiger partial charge on any atom is -0.481 e. The van der Waals surface area contributed by atoms with Gasteiger partial charge in [0.1, 0.15) is 0 Å². The van der Waals surface area contributed by atoms with Gasteiger partial charge in [-0.15, -0.1) is 0 Å². The van der Waals surface area contributed by atoms with Crippen LogP contribution in [0.4, 0.5) is 0 Å². The normalized spacial score (nSPS) is 10.4. The molecule has 1 amide bonds. The molecule has 2 rings (SSSR count). The molecule has 0 saturated carbocycles. The van der Waals surface area contributed by atoms with E-state index in [1.165, 1.54) is 11.1 Å². The van der Waals surface area contributed by atoms with Gasteiger partial charge in [0.2, 0.25) is 5.91 Å². The number of amides is 1. The van der Waals surface area contributed by atoms with Crippen molar-refractivity contribution in [2.24, 2.45) is 0 Å². The highest BCUT2D eigenvalue weighted by Crippen LogP contribution is 2.20. The molecule has 0 fully saturated rings. The third kappa shape index (κ3) is 5.88. The van der Waals surface area contributed by atoms with E-state index >= 15 is 0 Å². The van der Waals surface area contributed by atoms with Crippen molar-refractivity contribution >= 4 is 11.9 Å². The van der Waals surface area contributed by atoms with Crippen LogP contribution in [0.15, 0.2) is 48.5 Å². The number of carbonyl (C=O) groups is 2.